The lowest BCUT2D eigenvalue weighted by Gasteiger charge is -2.11. The summed E-state index contributed by atoms with van der Waals surface area (Å²) in [4.78, 5) is 12.3. The van der Waals surface area contributed by atoms with Gasteiger partial charge in [0.25, 0.3) is 5.91 Å². The highest BCUT2D eigenvalue weighted by Crippen LogP contribution is 2.29. The standard InChI is InChI=1S/C15H14Cl2N2O/c1-8-6-12(17)14(7-11(8)16)19-15(20)10-4-3-5-13(18)9(10)2/h3-7H,18H2,1-2H3,(H,19,20). The van der Waals surface area contributed by atoms with Gasteiger partial charge in [0.2, 0.25) is 0 Å². The first-order chi connectivity index (χ1) is 9.40. The second-order valence-electron chi connectivity index (χ2n) is 4.56. The van der Waals surface area contributed by atoms with Gasteiger partial charge in [0.05, 0.1) is 10.7 Å². The molecule has 0 fully saturated rings. The molecule has 0 aliphatic rings. The molecular weight excluding hydrogens is 295 g/mol. The summed E-state index contributed by atoms with van der Waals surface area (Å²) in [7, 11) is 0. The van der Waals surface area contributed by atoms with E-state index in [1.54, 1.807) is 37.3 Å². The topological polar surface area (TPSA) is 55.1 Å². The van der Waals surface area contributed by atoms with Crippen molar-refractivity contribution in [1.29, 1.82) is 0 Å². The van der Waals surface area contributed by atoms with Crippen LogP contribution in [0.5, 0.6) is 0 Å². The third-order valence-corrected chi connectivity index (χ3v) is 3.84. The van der Waals surface area contributed by atoms with Crippen LogP contribution in [0.15, 0.2) is 30.3 Å². The molecule has 0 radical (unpaired) electrons. The Bertz CT molecular complexity index is 684. The predicted molar refractivity (Wildman–Crippen MR) is 84.7 cm³/mol. The fourth-order valence-corrected chi connectivity index (χ4v) is 2.26. The van der Waals surface area contributed by atoms with Crippen molar-refractivity contribution in [1.82, 2.24) is 0 Å². The van der Waals surface area contributed by atoms with Crippen molar-refractivity contribution < 1.29 is 4.79 Å². The highest BCUT2D eigenvalue weighted by molar-refractivity contribution is 6.36. The highest BCUT2D eigenvalue weighted by atomic mass is 35.5. The number of carbonyl (C=O) groups is 1. The van der Waals surface area contributed by atoms with Gasteiger partial charge in [-0.2, -0.15) is 0 Å². The van der Waals surface area contributed by atoms with Crippen LogP contribution in [0.25, 0.3) is 0 Å². The Balaban J connectivity index is 2.33. The molecule has 0 aromatic heterocycles. The fraction of sp³-hybridized carbons (Fsp3) is 0.133. The Morgan fingerprint density at radius 1 is 1.15 bits per heavy atom. The summed E-state index contributed by atoms with van der Waals surface area (Å²) in [6, 6.07) is 8.55. The molecule has 3 N–H and O–H groups in total. The van der Waals surface area contributed by atoms with Crippen LogP contribution in [0.1, 0.15) is 21.5 Å². The lowest BCUT2D eigenvalue weighted by Crippen LogP contribution is -2.14. The number of nitrogen functional groups attached to an aromatic ring is 1. The minimum atomic E-state index is -0.267. The van der Waals surface area contributed by atoms with Crippen LogP contribution in [0.3, 0.4) is 0 Å². The molecule has 2 aromatic carbocycles. The summed E-state index contributed by atoms with van der Waals surface area (Å²) in [5.74, 6) is -0.267. The number of hydrogen-bond acceptors (Lipinski definition) is 2. The smallest absolute Gasteiger partial charge is 0.256 e. The lowest BCUT2D eigenvalue weighted by molar-refractivity contribution is 0.102. The van der Waals surface area contributed by atoms with E-state index in [2.05, 4.69) is 5.32 Å². The minimum absolute atomic E-state index is 0.267. The molecule has 0 saturated carbocycles. The van der Waals surface area contributed by atoms with E-state index in [-0.39, 0.29) is 5.91 Å². The number of halogens is 2. The van der Waals surface area contributed by atoms with Gasteiger partial charge in [0, 0.05) is 16.3 Å². The zero-order chi connectivity index (χ0) is 14.9. The molecular formula is C15H14Cl2N2O. The SMILES string of the molecule is Cc1cc(Cl)c(NC(=O)c2cccc(N)c2C)cc1Cl. The maximum atomic E-state index is 12.3. The first-order valence-electron chi connectivity index (χ1n) is 6.02. The predicted octanol–water partition coefficient (Wildman–Crippen LogP) is 4.44. The van der Waals surface area contributed by atoms with Gasteiger partial charge in [-0.3, -0.25) is 4.79 Å². The quantitative estimate of drug-likeness (QED) is 0.806. The average molecular weight is 309 g/mol. The van der Waals surface area contributed by atoms with Gasteiger partial charge >= 0.3 is 0 Å². The molecule has 2 aromatic rings. The number of nitrogens with two attached hydrogens (primary N) is 1. The van der Waals surface area contributed by atoms with Gasteiger partial charge in [-0.25, -0.2) is 0 Å². The van der Waals surface area contributed by atoms with Crippen LogP contribution in [0, 0.1) is 13.8 Å². The number of aryl methyl sites for hydroxylation is 1. The van der Waals surface area contributed by atoms with E-state index in [9.17, 15) is 4.79 Å². The number of amides is 1. The molecule has 3 nitrogen and oxygen atoms in total. The zero-order valence-electron chi connectivity index (χ0n) is 11.1. The number of anilines is 2. The molecule has 2 rings (SSSR count). The normalized spacial score (nSPS) is 10.4. The Hall–Kier alpha value is -1.71. The monoisotopic (exact) mass is 308 g/mol. The van der Waals surface area contributed by atoms with Crippen molar-refractivity contribution in [2.24, 2.45) is 0 Å². The molecule has 0 atom stereocenters. The van der Waals surface area contributed by atoms with Crippen LogP contribution in [0.2, 0.25) is 10.0 Å². The Morgan fingerprint density at radius 3 is 2.55 bits per heavy atom. The molecule has 0 aliphatic heterocycles. The molecule has 104 valence electrons. The van der Waals surface area contributed by atoms with Crippen LogP contribution >= 0.6 is 23.2 Å². The van der Waals surface area contributed by atoms with Gasteiger partial charge in [-0.05, 0) is 49.2 Å². The lowest BCUT2D eigenvalue weighted by atomic mass is 10.1. The maximum absolute atomic E-state index is 12.3. The van der Waals surface area contributed by atoms with E-state index in [1.165, 1.54) is 0 Å². The molecule has 20 heavy (non-hydrogen) atoms. The number of rotatable bonds is 2. The zero-order valence-corrected chi connectivity index (χ0v) is 12.6. The van der Waals surface area contributed by atoms with Crippen LogP contribution < -0.4 is 11.1 Å². The van der Waals surface area contributed by atoms with E-state index in [4.69, 9.17) is 28.9 Å². The van der Waals surface area contributed by atoms with Gasteiger partial charge in [-0.15, -0.1) is 0 Å². The molecule has 0 saturated heterocycles. The van der Waals surface area contributed by atoms with E-state index in [0.29, 0.717) is 27.0 Å². The molecule has 0 spiro atoms. The van der Waals surface area contributed by atoms with E-state index < -0.39 is 0 Å². The highest BCUT2D eigenvalue weighted by Gasteiger charge is 2.13. The minimum Gasteiger partial charge on any atom is -0.398 e. The summed E-state index contributed by atoms with van der Waals surface area (Å²) >= 11 is 12.1. The van der Waals surface area contributed by atoms with Gasteiger partial charge in [0.15, 0.2) is 0 Å². The van der Waals surface area contributed by atoms with Gasteiger partial charge < -0.3 is 11.1 Å². The average Bonchev–Trinajstić information content (AvgIpc) is 2.39. The van der Waals surface area contributed by atoms with Crippen molar-refractivity contribution in [3.05, 3.63) is 57.1 Å². The van der Waals surface area contributed by atoms with Gasteiger partial charge in [0.1, 0.15) is 0 Å². The fourth-order valence-electron chi connectivity index (χ4n) is 1.83. The third kappa shape index (κ3) is 2.89. The summed E-state index contributed by atoms with van der Waals surface area (Å²) in [5, 5.41) is 3.75. The van der Waals surface area contributed by atoms with Crippen molar-refractivity contribution >= 4 is 40.5 Å². The summed E-state index contributed by atoms with van der Waals surface area (Å²) < 4.78 is 0. The van der Waals surface area contributed by atoms with Crippen molar-refractivity contribution in [3.8, 4) is 0 Å². The van der Waals surface area contributed by atoms with Crippen LogP contribution in [0.4, 0.5) is 11.4 Å². The third-order valence-electron chi connectivity index (χ3n) is 3.12. The summed E-state index contributed by atoms with van der Waals surface area (Å²) in [5.41, 5.74) is 8.96. The Kier molecular flexibility index (Phi) is 4.21. The molecule has 0 aliphatic carbocycles. The van der Waals surface area contributed by atoms with E-state index in [1.807, 2.05) is 6.92 Å². The number of nitrogens with one attached hydrogen (secondary N) is 1. The van der Waals surface area contributed by atoms with E-state index >= 15 is 0 Å². The Labute approximate surface area is 127 Å². The maximum Gasteiger partial charge on any atom is 0.256 e. The number of benzene rings is 2. The molecule has 0 heterocycles. The van der Waals surface area contributed by atoms with Crippen molar-refractivity contribution in [2.75, 3.05) is 11.1 Å². The molecule has 0 unspecified atom stereocenters. The van der Waals surface area contributed by atoms with Crippen LogP contribution in [-0.4, -0.2) is 5.91 Å². The molecule has 5 heteroatoms. The first kappa shape index (κ1) is 14.7. The summed E-state index contributed by atoms with van der Waals surface area (Å²) in [6.07, 6.45) is 0. The number of hydrogen-bond donors (Lipinski definition) is 2. The second kappa shape index (κ2) is 5.73. The molecule has 1 amide bonds. The second-order valence-corrected chi connectivity index (χ2v) is 5.37. The van der Waals surface area contributed by atoms with Crippen LogP contribution in [-0.2, 0) is 0 Å². The number of carbonyl (C=O) groups excluding carboxylic acids is 1. The summed E-state index contributed by atoms with van der Waals surface area (Å²) in [6.45, 7) is 3.65. The van der Waals surface area contributed by atoms with Gasteiger partial charge in [-0.1, -0.05) is 29.3 Å². The largest absolute Gasteiger partial charge is 0.398 e. The van der Waals surface area contributed by atoms with Crippen molar-refractivity contribution in [2.45, 2.75) is 13.8 Å². The molecule has 0 bridgehead atoms. The van der Waals surface area contributed by atoms with E-state index in [0.717, 1.165) is 11.1 Å². The Morgan fingerprint density at radius 2 is 1.85 bits per heavy atom. The van der Waals surface area contributed by atoms with Crippen molar-refractivity contribution in [3.63, 3.8) is 0 Å². The first-order valence-corrected chi connectivity index (χ1v) is 6.78.